The van der Waals surface area contributed by atoms with Gasteiger partial charge in [-0.15, -0.1) is 0 Å². The van der Waals surface area contributed by atoms with Crippen LogP contribution in [0, 0.1) is 17.3 Å². The van der Waals surface area contributed by atoms with E-state index in [2.05, 4.69) is 79.3 Å². The number of hydrogen-bond acceptors (Lipinski definition) is 5. The van der Waals surface area contributed by atoms with E-state index in [4.69, 9.17) is 0 Å². The van der Waals surface area contributed by atoms with Crippen molar-refractivity contribution in [2.75, 3.05) is 18.0 Å². The topological polar surface area (TPSA) is 57.1 Å². The molecule has 3 aliphatic heterocycles. The van der Waals surface area contributed by atoms with Gasteiger partial charge in [-0.25, -0.2) is 0 Å². The maximum atomic E-state index is 13.6. The number of nitrogens with zero attached hydrogens (tertiary/aromatic N) is 3. The zero-order chi connectivity index (χ0) is 22.0. The van der Waals surface area contributed by atoms with Gasteiger partial charge in [-0.3, -0.25) is 4.79 Å². The van der Waals surface area contributed by atoms with Crippen LogP contribution in [0.2, 0.25) is 0 Å². The average molecular weight is 419 g/mol. The Morgan fingerprint density at radius 3 is 2.61 bits per heavy atom. The molecule has 0 radical (unpaired) electrons. The number of carbonyl (C=O) groups is 1. The molecule has 1 unspecified atom stereocenters. The third-order valence-electron chi connectivity index (χ3n) is 8.00. The number of anilines is 1. The zero-order valence-corrected chi connectivity index (χ0v) is 19.4. The van der Waals surface area contributed by atoms with Crippen LogP contribution in [0.15, 0.2) is 57.5 Å². The molecule has 1 aliphatic carbocycles. The van der Waals surface area contributed by atoms with E-state index in [9.17, 15) is 4.79 Å². The van der Waals surface area contributed by atoms with Crippen molar-refractivity contribution < 1.29 is 4.79 Å². The molecule has 3 heterocycles. The van der Waals surface area contributed by atoms with Gasteiger partial charge in [-0.1, -0.05) is 46.8 Å². The van der Waals surface area contributed by atoms with Gasteiger partial charge in [0.2, 0.25) is 0 Å². The first kappa shape index (κ1) is 20.5. The highest BCUT2D eigenvalue weighted by Crippen LogP contribution is 2.54. The summed E-state index contributed by atoms with van der Waals surface area (Å²) in [4.78, 5) is 16.1. The van der Waals surface area contributed by atoms with Crippen LogP contribution < -0.4 is 10.2 Å². The fourth-order valence-corrected chi connectivity index (χ4v) is 6.20. The SMILES string of the molecule is CC[C@]1(c2cccc(N3C[C@@H](C)[C@H](C)C3)c2)C2=CN=NC2NC2=C1C(=O)CC(C)(C)C2. The lowest BCUT2D eigenvalue weighted by atomic mass is 9.59. The van der Waals surface area contributed by atoms with Crippen molar-refractivity contribution in [1.82, 2.24) is 5.32 Å². The van der Waals surface area contributed by atoms with E-state index in [1.165, 1.54) is 11.3 Å². The van der Waals surface area contributed by atoms with Gasteiger partial charge in [-0.05, 0) is 47.8 Å². The largest absolute Gasteiger partial charge is 0.371 e. The third-order valence-corrected chi connectivity index (χ3v) is 8.00. The van der Waals surface area contributed by atoms with E-state index in [1.54, 1.807) is 0 Å². The third kappa shape index (κ3) is 3.07. The molecule has 1 fully saturated rings. The number of hydrogen-bond donors (Lipinski definition) is 1. The van der Waals surface area contributed by atoms with Crippen molar-refractivity contribution in [2.45, 2.75) is 65.5 Å². The van der Waals surface area contributed by atoms with E-state index >= 15 is 0 Å². The minimum Gasteiger partial charge on any atom is -0.371 e. The van der Waals surface area contributed by atoms with Crippen LogP contribution in [0.3, 0.4) is 0 Å². The van der Waals surface area contributed by atoms with Crippen molar-refractivity contribution in [3.05, 3.63) is 52.9 Å². The van der Waals surface area contributed by atoms with Gasteiger partial charge in [0, 0.05) is 42.0 Å². The second kappa shape index (κ2) is 7.04. The molecule has 1 aromatic rings. The Labute approximate surface area is 185 Å². The number of rotatable bonds is 3. The van der Waals surface area contributed by atoms with Crippen molar-refractivity contribution >= 4 is 11.5 Å². The Morgan fingerprint density at radius 1 is 1.16 bits per heavy atom. The summed E-state index contributed by atoms with van der Waals surface area (Å²) >= 11 is 0. The molecule has 1 saturated heterocycles. The van der Waals surface area contributed by atoms with Gasteiger partial charge in [-0.2, -0.15) is 10.2 Å². The Bertz CT molecular complexity index is 1010. The molecular formula is C26H34N4O. The second-order valence-corrected chi connectivity index (χ2v) is 10.8. The number of allylic oxidation sites excluding steroid dienone is 2. The maximum Gasteiger partial charge on any atom is 0.164 e. The Balaban J connectivity index is 1.66. The molecule has 4 aliphatic rings. The summed E-state index contributed by atoms with van der Waals surface area (Å²) in [6.45, 7) is 13.4. The molecule has 0 aromatic heterocycles. The molecule has 5 heteroatoms. The summed E-state index contributed by atoms with van der Waals surface area (Å²) < 4.78 is 0. The van der Waals surface area contributed by atoms with Crippen LogP contribution in [0.1, 0.15) is 59.4 Å². The van der Waals surface area contributed by atoms with Crippen LogP contribution in [0.4, 0.5) is 5.69 Å². The van der Waals surface area contributed by atoms with Gasteiger partial charge < -0.3 is 10.2 Å². The predicted octanol–water partition coefficient (Wildman–Crippen LogP) is 5.35. The zero-order valence-electron chi connectivity index (χ0n) is 19.4. The Morgan fingerprint density at radius 2 is 1.90 bits per heavy atom. The maximum absolute atomic E-state index is 13.6. The second-order valence-electron chi connectivity index (χ2n) is 10.8. The summed E-state index contributed by atoms with van der Waals surface area (Å²) in [7, 11) is 0. The van der Waals surface area contributed by atoms with Crippen molar-refractivity contribution in [3.8, 4) is 0 Å². The first-order valence-electron chi connectivity index (χ1n) is 11.7. The lowest BCUT2D eigenvalue weighted by molar-refractivity contribution is -0.119. The molecule has 0 spiro atoms. The molecule has 0 bridgehead atoms. The number of ketones is 1. The van der Waals surface area contributed by atoms with Gasteiger partial charge in [0.25, 0.3) is 0 Å². The van der Waals surface area contributed by atoms with Crippen LogP contribution in [-0.2, 0) is 10.2 Å². The van der Waals surface area contributed by atoms with E-state index in [0.717, 1.165) is 42.8 Å². The monoisotopic (exact) mass is 418 g/mol. The molecule has 0 amide bonds. The standard InChI is InChI=1S/C26H34N4O/c1-6-26(18-8-7-9-19(10-18)30-14-16(2)17(3)15-30)20-13-27-29-24(20)28-21-11-25(4,5)12-22(31)23(21)26/h7-10,13,16-17,24,28H,6,11-12,14-15H2,1-5H3/t16-,17-,24?,26+/m1/s1. The Kier molecular flexibility index (Phi) is 4.65. The first-order valence-corrected chi connectivity index (χ1v) is 11.7. The lowest BCUT2D eigenvalue weighted by Crippen LogP contribution is -2.51. The van der Waals surface area contributed by atoms with Crippen molar-refractivity contribution in [3.63, 3.8) is 0 Å². The number of nitrogens with one attached hydrogen (secondary N) is 1. The van der Waals surface area contributed by atoms with Gasteiger partial charge in [0.1, 0.15) is 0 Å². The minimum absolute atomic E-state index is 0.0387. The summed E-state index contributed by atoms with van der Waals surface area (Å²) in [6.07, 6.45) is 4.00. The van der Waals surface area contributed by atoms with Crippen molar-refractivity contribution in [2.24, 2.45) is 27.5 Å². The fourth-order valence-electron chi connectivity index (χ4n) is 6.20. The first-order chi connectivity index (χ1) is 14.7. The number of carbonyl (C=O) groups excluding carboxylic acids is 1. The molecular weight excluding hydrogens is 384 g/mol. The number of benzene rings is 1. The molecule has 5 rings (SSSR count). The highest BCUT2D eigenvalue weighted by molar-refractivity contribution is 6.01. The lowest BCUT2D eigenvalue weighted by Gasteiger charge is -2.48. The van der Waals surface area contributed by atoms with E-state index in [0.29, 0.717) is 18.3 Å². The van der Waals surface area contributed by atoms with Crippen molar-refractivity contribution in [1.29, 1.82) is 0 Å². The molecule has 1 aromatic carbocycles. The summed E-state index contributed by atoms with van der Waals surface area (Å²) in [6, 6.07) is 8.91. The molecule has 1 N–H and O–H groups in total. The van der Waals surface area contributed by atoms with E-state index in [-0.39, 0.29) is 17.4 Å². The van der Waals surface area contributed by atoms with Crippen LogP contribution in [-0.4, -0.2) is 25.0 Å². The molecule has 31 heavy (non-hydrogen) atoms. The van der Waals surface area contributed by atoms with Gasteiger partial charge >= 0.3 is 0 Å². The molecule has 164 valence electrons. The predicted molar refractivity (Wildman–Crippen MR) is 124 cm³/mol. The van der Waals surface area contributed by atoms with Gasteiger partial charge in [0.15, 0.2) is 11.9 Å². The Hall–Kier alpha value is -2.43. The number of Topliss-reactive ketones (excluding diaryl/α,β-unsaturated/α-hetero) is 1. The average Bonchev–Trinajstić information content (AvgIpc) is 3.32. The highest BCUT2D eigenvalue weighted by Gasteiger charge is 2.53. The number of fused-ring (bicyclic) bond motifs is 1. The fraction of sp³-hybridized carbons (Fsp3) is 0.577. The summed E-state index contributed by atoms with van der Waals surface area (Å²) in [5.41, 5.74) is 5.09. The van der Waals surface area contributed by atoms with E-state index < -0.39 is 5.41 Å². The summed E-state index contributed by atoms with van der Waals surface area (Å²) in [5.74, 6) is 1.65. The summed E-state index contributed by atoms with van der Waals surface area (Å²) in [5, 5.41) is 12.3. The molecule has 0 saturated carbocycles. The van der Waals surface area contributed by atoms with E-state index in [1.807, 2.05) is 6.20 Å². The molecule has 4 atom stereocenters. The van der Waals surface area contributed by atoms with Crippen LogP contribution in [0.5, 0.6) is 0 Å². The smallest absolute Gasteiger partial charge is 0.164 e. The molecule has 5 nitrogen and oxygen atoms in total. The van der Waals surface area contributed by atoms with Gasteiger partial charge in [0.05, 0.1) is 11.6 Å². The highest BCUT2D eigenvalue weighted by atomic mass is 16.1. The van der Waals surface area contributed by atoms with Crippen LogP contribution in [0.25, 0.3) is 0 Å². The minimum atomic E-state index is -0.463. The normalized spacial score (nSPS) is 33.8. The van der Waals surface area contributed by atoms with Crippen LogP contribution >= 0.6 is 0 Å². The number of azo groups is 1. The quantitative estimate of drug-likeness (QED) is 0.720.